The minimum Gasteiger partial charge on any atom is -0.385 e. The third kappa shape index (κ3) is 4.57. The molecule has 10 heteroatoms. The fraction of sp³-hybridized carbons (Fsp3) is 0.278. The first-order valence-corrected chi connectivity index (χ1v) is 10.3. The Morgan fingerprint density at radius 2 is 2.11 bits per heavy atom. The van der Waals surface area contributed by atoms with Crippen LogP contribution >= 0.6 is 23.1 Å². The minimum atomic E-state index is -0.478. The SMILES string of the molecule is CCC(Sc1nc(=O)cc(N)n1-c1cccc(C)c1)C(=O)Nc1nnc(C)s1. The van der Waals surface area contributed by atoms with E-state index >= 15 is 0 Å². The predicted octanol–water partition coefficient (Wildman–Crippen LogP) is 2.79. The average Bonchev–Trinajstić information content (AvgIpc) is 3.03. The Balaban J connectivity index is 1.93. The van der Waals surface area contributed by atoms with Crippen LogP contribution in [0.5, 0.6) is 0 Å². The molecule has 0 aliphatic rings. The average molecular weight is 417 g/mol. The van der Waals surface area contributed by atoms with Gasteiger partial charge in [0.05, 0.1) is 5.25 Å². The summed E-state index contributed by atoms with van der Waals surface area (Å²) < 4.78 is 1.68. The van der Waals surface area contributed by atoms with Crippen molar-refractivity contribution in [3.8, 4) is 5.69 Å². The molecule has 1 aromatic carbocycles. The van der Waals surface area contributed by atoms with Crippen molar-refractivity contribution in [2.24, 2.45) is 0 Å². The number of nitrogens with one attached hydrogen (secondary N) is 1. The van der Waals surface area contributed by atoms with Gasteiger partial charge in [-0.15, -0.1) is 10.2 Å². The highest BCUT2D eigenvalue weighted by molar-refractivity contribution is 8.00. The lowest BCUT2D eigenvalue weighted by molar-refractivity contribution is -0.115. The lowest BCUT2D eigenvalue weighted by Gasteiger charge is -2.18. The number of rotatable bonds is 6. The second-order valence-corrected chi connectivity index (χ2v) is 8.46. The Morgan fingerprint density at radius 1 is 1.32 bits per heavy atom. The minimum absolute atomic E-state index is 0.226. The van der Waals surface area contributed by atoms with Gasteiger partial charge in [0.1, 0.15) is 10.8 Å². The summed E-state index contributed by atoms with van der Waals surface area (Å²) >= 11 is 2.50. The van der Waals surface area contributed by atoms with Gasteiger partial charge in [0.2, 0.25) is 11.0 Å². The van der Waals surface area contributed by atoms with E-state index in [1.54, 1.807) is 4.57 Å². The molecule has 0 fully saturated rings. The van der Waals surface area contributed by atoms with Crippen LogP contribution < -0.4 is 16.6 Å². The topological polar surface area (TPSA) is 116 Å². The van der Waals surface area contributed by atoms with Gasteiger partial charge in [-0.05, 0) is 38.0 Å². The van der Waals surface area contributed by atoms with Gasteiger partial charge in [-0.1, -0.05) is 42.2 Å². The predicted molar refractivity (Wildman–Crippen MR) is 112 cm³/mol. The smallest absolute Gasteiger partial charge is 0.275 e. The summed E-state index contributed by atoms with van der Waals surface area (Å²) in [6.45, 7) is 5.68. The quantitative estimate of drug-likeness (QED) is 0.469. The molecule has 3 rings (SSSR count). The second-order valence-electron chi connectivity index (χ2n) is 6.11. The van der Waals surface area contributed by atoms with E-state index in [0.717, 1.165) is 16.3 Å². The Bertz CT molecular complexity index is 1060. The van der Waals surface area contributed by atoms with Gasteiger partial charge in [0.25, 0.3) is 5.56 Å². The van der Waals surface area contributed by atoms with Gasteiger partial charge in [-0.2, -0.15) is 4.98 Å². The van der Waals surface area contributed by atoms with Gasteiger partial charge < -0.3 is 5.73 Å². The number of carbonyl (C=O) groups excluding carboxylic acids is 1. The van der Waals surface area contributed by atoms with Crippen molar-refractivity contribution in [3.05, 3.63) is 51.3 Å². The molecule has 0 saturated carbocycles. The van der Waals surface area contributed by atoms with Crippen molar-refractivity contribution in [2.75, 3.05) is 11.1 Å². The summed E-state index contributed by atoms with van der Waals surface area (Å²) in [4.78, 5) is 28.8. The number of nitrogen functional groups attached to an aromatic ring is 1. The standard InChI is InChI=1S/C18H20N6O2S2/c1-4-13(16(26)21-17-23-22-11(3)27-17)28-18-20-15(25)9-14(19)24(18)12-7-5-6-10(2)8-12/h5-9,13H,4,19H2,1-3H3,(H,21,23,26). The maximum Gasteiger partial charge on any atom is 0.275 e. The number of amides is 1. The third-order valence-electron chi connectivity index (χ3n) is 3.85. The molecule has 0 spiro atoms. The summed E-state index contributed by atoms with van der Waals surface area (Å²) in [6.07, 6.45) is 0.534. The Kier molecular flexibility index (Phi) is 6.10. The summed E-state index contributed by atoms with van der Waals surface area (Å²) in [5, 5.41) is 11.7. The molecular weight excluding hydrogens is 396 g/mol. The number of nitrogens with two attached hydrogens (primary N) is 1. The van der Waals surface area contributed by atoms with Gasteiger partial charge >= 0.3 is 0 Å². The number of aromatic nitrogens is 4. The first-order chi connectivity index (χ1) is 13.4. The first kappa shape index (κ1) is 20.0. The Labute approximate surface area is 170 Å². The van der Waals surface area contributed by atoms with Crippen molar-refractivity contribution in [2.45, 2.75) is 37.6 Å². The zero-order valence-corrected chi connectivity index (χ0v) is 17.3. The molecule has 1 atom stereocenters. The lowest BCUT2D eigenvalue weighted by Crippen LogP contribution is -2.26. The van der Waals surface area contributed by atoms with Crippen LogP contribution in [0.3, 0.4) is 0 Å². The van der Waals surface area contributed by atoms with E-state index in [1.165, 1.54) is 29.2 Å². The van der Waals surface area contributed by atoms with Gasteiger partial charge in [-0.25, -0.2) is 0 Å². The van der Waals surface area contributed by atoms with E-state index < -0.39 is 10.8 Å². The highest BCUT2D eigenvalue weighted by Crippen LogP contribution is 2.29. The van der Waals surface area contributed by atoms with Gasteiger partial charge in [0, 0.05) is 11.8 Å². The van der Waals surface area contributed by atoms with Crippen LogP contribution in [0.25, 0.3) is 5.69 Å². The zero-order valence-electron chi connectivity index (χ0n) is 15.7. The summed E-state index contributed by atoms with van der Waals surface area (Å²) in [6, 6.07) is 8.97. The summed E-state index contributed by atoms with van der Waals surface area (Å²) in [5.41, 5.74) is 7.50. The molecule has 0 aliphatic carbocycles. The second kappa shape index (κ2) is 8.53. The fourth-order valence-corrected chi connectivity index (χ4v) is 4.21. The van der Waals surface area contributed by atoms with Crippen LogP contribution in [0.2, 0.25) is 0 Å². The summed E-state index contributed by atoms with van der Waals surface area (Å²) in [5.74, 6) is 0.0409. The molecule has 0 bridgehead atoms. The number of benzene rings is 1. The van der Waals surface area contributed by atoms with Crippen LogP contribution in [-0.4, -0.2) is 30.9 Å². The molecule has 2 heterocycles. The highest BCUT2D eigenvalue weighted by atomic mass is 32.2. The largest absolute Gasteiger partial charge is 0.385 e. The number of anilines is 2. The molecule has 3 aromatic rings. The molecule has 0 aliphatic heterocycles. The number of thioether (sulfide) groups is 1. The van der Waals surface area contributed by atoms with Gasteiger partial charge in [0.15, 0.2) is 5.16 Å². The van der Waals surface area contributed by atoms with E-state index in [1.807, 2.05) is 45.0 Å². The van der Waals surface area contributed by atoms with E-state index in [2.05, 4.69) is 20.5 Å². The molecule has 146 valence electrons. The monoisotopic (exact) mass is 416 g/mol. The molecular formula is C18H20N6O2S2. The van der Waals surface area contributed by atoms with E-state index in [9.17, 15) is 9.59 Å². The molecule has 0 saturated heterocycles. The van der Waals surface area contributed by atoms with Crippen LogP contribution in [0.15, 0.2) is 40.3 Å². The van der Waals surface area contributed by atoms with Crippen LogP contribution in [0.1, 0.15) is 23.9 Å². The summed E-state index contributed by atoms with van der Waals surface area (Å²) in [7, 11) is 0. The number of carbonyl (C=O) groups is 1. The van der Waals surface area contributed by atoms with E-state index in [0.29, 0.717) is 16.7 Å². The van der Waals surface area contributed by atoms with Crippen molar-refractivity contribution in [1.29, 1.82) is 0 Å². The van der Waals surface area contributed by atoms with Crippen LogP contribution in [0.4, 0.5) is 10.9 Å². The molecule has 0 radical (unpaired) electrons. The lowest BCUT2D eigenvalue weighted by atomic mass is 10.2. The molecule has 28 heavy (non-hydrogen) atoms. The Hall–Kier alpha value is -2.72. The third-order valence-corrected chi connectivity index (χ3v) is 5.92. The van der Waals surface area contributed by atoms with Crippen molar-refractivity contribution >= 4 is 40.0 Å². The van der Waals surface area contributed by atoms with Crippen molar-refractivity contribution < 1.29 is 4.79 Å². The van der Waals surface area contributed by atoms with Gasteiger partial charge in [-0.3, -0.25) is 19.5 Å². The maximum absolute atomic E-state index is 12.7. The molecule has 1 unspecified atom stereocenters. The highest BCUT2D eigenvalue weighted by Gasteiger charge is 2.23. The number of aryl methyl sites for hydroxylation is 2. The first-order valence-electron chi connectivity index (χ1n) is 8.61. The number of hydrogen-bond donors (Lipinski definition) is 2. The number of hydrogen-bond acceptors (Lipinski definition) is 8. The van der Waals surface area contributed by atoms with E-state index in [-0.39, 0.29) is 11.7 Å². The Morgan fingerprint density at radius 3 is 2.75 bits per heavy atom. The maximum atomic E-state index is 12.7. The zero-order chi connectivity index (χ0) is 20.3. The van der Waals surface area contributed by atoms with Crippen LogP contribution in [0, 0.1) is 13.8 Å². The molecule has 2 aromatic heterocycles. The van der Waals surface area contributed by atoms with Crippen molar-refractivity contribution in [1.82, 2.24) is 19.7 Å². The molecule has 8 nitrogen and oxygen atoms in total. The molecule has 1 amide bonds. The van der Waals surface area contributed by atoms with Crippen molar-refractivity contribution in [3.63, 3.8) is 0 Å². The molecule has 3 N–H and O–H groups in total. The van der Waals surface area contributed by atoms with E-state index in [4.69, 9.17) is 5.73 Å². The fourth-order valence-electron chi connectivity index (χ4n) is 2.57. The number of nitrogens with zero attached hydrogens (tertiary/aromatic N) is 4. The normalized spacial score (nSPS) is 12.0. The van der Waals surface area contributed by atoms with Crippen LogP contribution in [-0.2, 0) is 4.79 Å².